The molecule has 0 aliphatic rings. The summed E-state index contributed by atoms with van der Waals surface area (Å²) in [5, 5.41) is 43.9. The minimum Gasteiger partial charge on any atom is -0.394 e. The Hall–Kier alpha value is -0.530. The van der Waals surface area contributed by atoms with Crippen molar-refractivity contribution >= 4 is 6.29 Å². The van der Waals surface area contributed by atoms with Gasteiger partial charge in [0.1, 0.15) is 24.4 Å². The standard InChI is InChI=1S/C6H12O6/c7-1-3(9)5(11)6(12)4(10)2-8/h1,3-6,8-12H,2H2/t3-,4+,5+,6+/m0/s1/i6+1D. The first kappa shape index (κ1) is 9.56. The SMILES string of the molecule is [2H][13C@@](O)([C@H](O)CO)[C@H](O)[C@@H](O)C=O. The summed E-state index contributed by atoms with van der Waals surface area (Å²) >= 11 is 0. The molecule has 0 bridgehead atoms. The molecule has 12 heavy (non-hydrogen) atoms. The van der Waals surface area contributed by atoms with E-state index in [0.29, 0.717) is 0 Å². The molecular formula is C6H12O6. The Bertz CT molecular complexity index is 173. The van der Waals surface area contributed by atoms with Crippen LogP contribution < -0.4 is 0 Å². The zero-order chi connectivity index (χ0) is 10.6. The molecule has 0 heterocycles. The van der Waals surface area contributed by atoms with Crippen LogP contribution >= 0.6 is 0 Å². The van der Waals surface area contributed by atoms with Crippen LogP contribution in [0.2, 0.25) is 0 Å². The van der Waals surface area contributed by atoms with Gasteiger partial charge < -0.3 is 30.3 Å². The van der Waals surface area contributed by atoms with Crippen molar-refractivity contribution < 1.29 is 31.7 Å². The molecule has 72 valence electrons. The van der Waals surface area contributed by atoms with E-state index >= 15 is 0 Å². The number of hydrogen-bond donors (Lipinski definition) is 5. The van der Waals surface area contributed by atoms with Crippen molar-refractivity contribution in [3.8, 4) is 0 Å². The maximum absolute atomic E-state index is 9.96. The van der Waals surface area contributed by atoms with Crippen molar-refractivity contribution in [2.75, 3.05) is 6.61 Å². The molecule has 0 saturated heterocycles. The third-order valence-corrected chi connectivity index (χ3v) is 1.28. The van der Waals surface area contributed by atoms with E-state index in [0.717, 1.165) is 0 Å². The van der Waals surface area contributed by atoms with Crippen LogP contribution in [0.25, 0.3) is 0 Å². The van der Waals surface area contributed by atoms with Crippen LogP contribution in [0.15, 0.2) is 0 Å². The summed E-state index contributed by atoms with van der Waals surface area (Å²) in [7, 11) is 0. The van der Waals surface area contributed by atoms with E-state index in [1.807, 2.05) is 0 Å². The average molecular weight is 182 g/mol. The second-order valence-electron chi connectivity index (χ2n) is 2.19. The first-order chi connectivity index (χ1) is 5.87. The second-order valence-corrected chi connectivity index (χ2v) is 2.19. The molecule has 0 aromatic heterocycles. The molecule has 0 fully saturated rings. The molecule has 0 rings (SSSR count). The third-order valence-electron chi connectivity index (χ3n) is 1.28. The first-order valence-electron chi connectivity index (χ1n) is 3.70. The summed E-state index contributed by atoms with van der Waals surface area (Å²) in [4.78, 5) is 9.96. The van der Waals surface area contributed by atoms with Crippen LogP contribution in [0.5, 0.6) is 0 Å². The van der Waals surface area contributed by atoms with Crippen molar-refractivity contribution in [3.05, 3.63) is 0 Å². The van der Waals surface area contributed by atoms with Crippen LogP contribution in [-0.2, 0) is 4.79 Å². The van der Waals surface area contributed by atoms with Crippen LogP contribution in [0, 0.1) is 0 Å². The predicted molar refractivity (Wildman–Crippen MR) is 37.2 cm³/mol. The van der Waals surface area contributed by atoms with E-state index in [4.69, 9.17) is 26.9 Å². The van der Waals surface area contributed by atoms with Gasteiger partial charge in [0.15, 0.2) is 6.29 Å². The van der Waals surface area contributed by atoms with E-state index in [1.54, 1.807) is 0 Å². The number of rotatable bonds is 5. The first-order valence-corrected chi connectivity index (χ1v) is 3.20. The summed E-state index contributed by atoms with van der Waals surface area (Å²) in [6, 6.07) is 0. The molecule has 0 unspecified atom stereocenters. The van der Waals surface area contributed by atoms with Crippen molar-refractivity contribution in [2.24, 2.45) is 0 Å². The van der Waals surface area contributed by atoms with Crippen LogP contribution in [-0.4, -0.2) is 62.8 Å². The topological polar surface area (TPSA) is 118 Å². The van der Waals surface area contributed by atoms with Gasteiger partial charge in [-0.15, -0.1) is 0 Å². The van der Waals surface area contributed by atoms with Crippen molar-refractivity contribution in [3.63, 3.8) is 0 Å². The minimum atomic E-state index is -2.88. The lowest BCUT2D eigenvalue weighted by atomic mass is 10.2. The average Bonchev–Trinajstić information content (AvgIpc) is 2.13. The fourth-order valence-electron chi connectivity index (χ4n) is 0.540. The Morgan fingerprint density at radius 3 is 2.17 bits per heavy atom. The number of aliphatic hydroxyl groups excluding tert-OH is 4. The summed E-state index contributed by atoms with van der Waals surface area (Å²) in [5.41, 5.74) is 0. The van der Waals surface area contributed by atoms with E-state index in [9.17, 15) is 4.79 Å². The highest BCUT2D eigenvalue weighted by Crippen LogP contribution is 2.02. The highest BCUT2D eigenvalue weighted by atomic mass is 16.4. The van der Waals surface area contributed by atoms with Crippen LogP contribution in [0.4, 0.5) is 0 Å². The summed E-state index contributed by atoms with van der Waals surface area (Å²) < 4.78 is 6.95. The van der Waals surface area contributed by atoms with Gasteiger partial charge in [0.2, 0.25) is 0 Å². The second kappa shape index (κ2) is 5.18. The number of carbonyl (C=O) groups is 1. The Kier molecular flexibility index (Phi) is 4.12. The maximum Gasteiger partial charge on any atom is 0.151 e. The normalized spacial score (nSPS) is 24.9. The monoisotopic (exact) mass is 182 g/mol. The quantitative estimate of drug-likeness (QED) is 0.223. The van der Waals surface area contributed by atoms with Crippen LogP contribution in [0.3, 0.4) is 0 Å². The van der Waals surface area contributed by atoms with Gasteiger partial charge in [-0.1, -0.05) is 0 Å². The molecule has 6 heteroatoms. The lowest BCUT2D eigenvalue weighted by molar-refractivity contribution is -0.136. The Morgan fingerprint density at radius 2 is 1.83 bits per heavy atom. The van der Waals surface area contributed by atoms with Gasteiger partial charge in [0.25, 0.3) is 0 Å². The molecule has 0 spiro atoms. The molecule has 0 aliphatic heterocycles. The van der Waals surface area contributed by atoms with Gasteiger partial charge in [0, 0.05) is 0 Å². The molecule has 0 amide bonds. The van der Waals surface area contributed by atoms with Gasteiger partial charge in [0.05, 0.1) is 7.98 Å². The molecule has 4 atom stereocenters. The fourth-order valence-corrected chi connectivity index (χ4v) is 0.540. The van der Waals surface area contributed by atoms with Gasteiger partial charge in [-0.25, -0.2) is 0 Å². The zero-order valence-electron chi connectivity index (χ0n) is 7.16. The predicted octanol–water partition coefficient (Wildman–Crippen LogP) is -3.38. The van der Waals surface area contributed by atoms with Crippen molar-refractivity contribution in [1.29, 1.82) is 0 Å². The van der Waals surface area contributed by atoms with Crippen LogP contribution in [0.1, 0.15) is 1.37 Å². The van der Waals surface area contributed by atoms with Gasteiger partial charge in [-0.3, -0.25) is 0 Å². The number of carbonyl (C=O) groups excluding carboxylic acids is 1. The molecular weight excluding hydrogens is 169 g/mol. The lowest BCUT2D eigenvalue weighted by Gasteiger charge is -2.22. The highest BCUT2D eigenvalue weighted by molar-refractivity contribution is 5.56. The molecule has 0 aliphatic carbocycles. The maximum atomic E-state index is 9.96. The summed E-state index contributed by atoms with van der Waals surface area (Å²) in [5.74, 6) is 0. The Balaban J connectivity index is 4.51. The van der Waals surface area contributed by atoms with E-state index in [2.05, 4.69) is 0 Å². The molecule has 5 N–H and O–H groups in total. The number of aldehydes is 1. The largest absolute Gasteiger partial charge is 0.394 e. The van der Waals surface area contributed by atoms with E-state index < -0.39 is 31.0 Å². The van der Waals surface area contributed by atoms with Gasteiger partial charge in [-0.2, -0.15) is 0 Å². The molecule has 0 aromatic carbocycles. The molecule has 6 nitrogen and oxygen atoms in total. The molecule has 0 saturated carbocycles. The van der Waals surface area contributed by atoms with E-state index in [-0.39, 0.29) is 6.29 Å². The van der Waals surface area contributed by atoms with Crippen molar-refractivity contribution in [2.45, 2.75) is 24.4 Å². The Morgan fingerprint density at radius 1 is 1.33 bits per heavy atom. The molecule has 0 aromatic rings. The molecule has 0 radical (unpaired) electrons. The Labute approximate surface area is 70.1 Å². The smallest absolute Gasteiger partial charge is 0.151 e. The summed E-state index contributed by atoms with van der Waals surface area (Å²) in [6.07, 6.45) is -9.09. The minimum absolute atomic E-state index is 0.0890. The highest BCUT2D eigenvalue weighted by Gasteiger charge is 2.29. The lowest BCUT2D eigenvalue weighted by Crippen LogP contribution is -2.46. The third kappa shape index (κ3) is 2.84. The number of aliphatic hydroxyl groups is 5. The number of hydrogen-bond acceptors (Lipinski definition) is 6. The zero-order valence-corrected chi connectivity index (χ0v) is 6.16. The van der Waals surface area contributed by atoms with Gasteiger partial charge >= 0.3 is 0 Å². The fraction of sp³-hybridized carbons (Fsp3) is 0.833. The van der Waals surface area contributed by atoms with Crippen molar-refractivity contribution in [1.82, 2.24) is 0 Å². The van der Waals surface area contributed by atoms with E-state index in [1.165, 1.54) is 0 Å². The van der Waals surface area contributed by atoms with Gasteiger partial charge in [-0.05, 0) is 0 Å². The summed E-state index contributed by atoms with van der Waals surface area (Å²) in [6.45, 7) is -0.970.